The maximum atomic E-state index is 14.3. The number of carbonyl (C=O) groups is 4. The van der Waals surface area contributed by atoms with E-state index >= 15 is 0 Å². The molecule has 0 fully saturated rings. The number of nitrogens with one attached hydrogen (secondary N) is 3. The Balaban J connectivity index is 0.000000985. The second-order valence-corrected chi connectivity index (χ2v) is 15.5. The van der Waals surface area contributed by atoms with E-state index in [9.17, 15) is 32.7 Å². The second-order valence-electron chi connectivity index (χ2n) is 14.2. The van der Waals surface area contributed by atoms with Crippen LogP contribution in [0.4, 0.5) is 19.0 Å². The molecule has 0 spiro atoms. The van der Waals surface area contributed by atoms with Gasteiger partial charge in [-0.1, -0.05) is 152 Å². The number of aliphatic carboxylic acids is 2. The first-order chi connectivity index (χ1) is 30.4. The number of halogens is 3. The minimum absolute atomic E-state index is 0.193. The summed E-state index contributed by atoms with van der Waals surface area (Å²) < 4.78 is 31.1. The number of anilines is 1. The molecular weight excluding hydrogens is 830 g/mol. The number of thioether (sulfide) groups is 1. The van der Waals surface area contributed by atoms with Crippen LogP contribution in [-0.4, -0.2) is 63.5 Å². The number of hydrogen-bond acceptors (Lipinski definition) is 7. The Morgan fingerprint density at radius 2 is 1.13 bits per heavy atom. The minimum Gasteiger partial charge on any atom is -0.481 e. The molecule has 10 nitrogen and oxygen atoms in total. The molecule has 0 bridgehead atoms. The van der Waals surface area contributed by atoms with Crippen LogP contribution in [0.5, 0.6) is 0 Å². The van der Waals surface area contributed by atoms with Crippen molar-refractivity contribution in [2.75, 3.05) is 17.6 Å². The fraction of sp³-hybridized carbons (Fsp3) is 0.204. The van der Waals surface area contributed by atoms with Crippen LogP contribution < -0.4 is 16.0 Å². The molecule has 6 rings (SSSR count). The van der Waals surface area contributed by atoms with Crippen molar-refractivity contribution in [3.63, 3.8) is 0 Å². The first-order valence-corrected chi connectivity index (χ1v) is 21.1. The van der Waals surface area contributed by atoms with Gasteiger partial charge >= 0.3 is 18.1 Å². The zero-order valence-corrected chi connectivity index (χ0v) is 34.9. The highest BCUT2D eigenvalue weighted by Gasteiger charge is 2.39. The zero-order valence-electron chi connectivity index (χ0n) is 34.1. The summed E-state index contributed by atoms with van der Waals surface area (Å²) in [4.78, 5) is 53.0. The lowest BCUT2D eigenvalue weighted by molar-refractivity contribution is -0.192. The molecule has 0 saturated carbocycles. The lowest BCUT2D eigenvalue weighted by Gasteiger charge is -2.36. The van der Waals surface area contributed by atoms with E-state index < -0.39 is 40.9 Å². The third-order valence-electron chi connectivity index (χ3n) is 9.83. The van der Waals surface area contributed by atoms with Crippen LogP contribution in [0.2, 0.25) is 0 Å². The van der Waals surface area contributed by atoms with E-state index in [0.29, 0.717) is 30.7 Å². The lowest BCUT2D eigenvalue weighted by atomic mass is 9.84. The summed E-state index contributed by atoms with van der Waals surface area (Å²) in [5.41, 5.74) is 5.95. The molecule has 5 aromatic carbocycles. The molecule has 2 atom stereocenters. The van der Waals surface area contributed by atoms with Gasteiger partial charge in [-0.2, -0.15) is 13.2 Å². The quantitative estimate of drug-likeness (QED) is 0.0395. The smallest absolute Gasteiger partial charge is 0.481 e. The average Bonchev–Trinajstić information content (AvgIpc) is 3.30. The van der Waals surface area contributed by atoms with Gasteiger partial charge in [0.05, 0.1) is 17.2 Å². The molecule has 326 valence electrons. The summed E-state index contributed by atoms with van der Waals surface area (Å²) in [5.74, 6) is -3.28. The maximum Gasteiger partial charge on any atom is 0.490 e. The van der Waals surface area contributed by atoms with E-state index in [2.05, 4.69) is 57.3 Å². The molecule has 1 aromatic heterocycles. The molecule has 5 N–H and O–H groups in total. The second kappa shape index (κ2) is 23.3. The summed E-state index contributed by atoms with van der Waals surface area (Å²) in [6.07, 6.45) is -2.68. The number of carbonyl (C=O) groups excluding carboxylic acids is 2. The van der Waals surface area contributed by atoms with Crippen molar-refractivity contribution < 1.29 is 42.6 Å². The molecule has 2 amide bonds. The van der Waals surface area contributed by atoms with E-state index in [-0.39, 0.29) is 18.7 Å². The van der Waals surface area contributed by atoms with Crippen LogP contribution in [0.3, 0.4) is 0 Å². The predicted octanol–water partition coefficient (Wildman–Crippen LogP) is 9.51. The van der Waals surface area contributed by atoms with Gasteiger partial charge in [-0.3, -0.25) is 14.4 Å². The van der Waals surface area contributed by atoms with Crippen molar-refractivity contribution in [1.82, 2.24) is 15.6 Å². The van der Waals surface area contributed by atoms with Gasteiger partial charge in [-0.15, -0.1) is 11.8 Å². The van der Waals surface area contributed by atoms with Gasteiger partial charge in [0.2, 0.25) is 11.8 Å². The summed E-state index contributed by atoms with van der Waals surface area (Å²) in [5, 5.41) is 26.2. The van der Waals surface area contributed by atoms with Crippen LogP contribution in [0.15, 0.2) is 170 Å². The molecule has 0 saturated heterocycles. The molecular formula is C49H47F3N4O6S. The first kappa shape index (κ1) is 47.1. The number of rotatable bonds is 19. The highest BCUT2D eigenvalue weighted by Crippen LogP contribution is 2.48. The molecule has 1 unspecified atom stereocenters. The van der Waals surface area contributed by atoms with Crippen molar-refractivity contribution in [1.29, 1.82) is 0 Å². The average molecular weight is 877 g/mol. The summed E-state index contributed by atoms with van der Waals surface area (Å²) >= 11 is 1.70. The Labute approximate surface area is 368 Å². The Kier molecular flexibility index (Phi) is 17.5. The number of carboxylic acids is 2. The lowest BCUT2D eigenvalue weighted by Crippen LogP contribution is -2.48. The van der Waals surface area contributed by atoms with Crippen LogP contribution in [0, 0.1) is 0 Å². The van der Waals surface area contributed by atoms with Gasteiger partial charge in [0, 0.05) is 19.2 Å². The number of carboxylic acid groups (broad SMARTS) is 2. The summed E-state index contributed by atoms with van der Waals surface area (Å²) in [6, 6.07) is 52.2. The van der Waals surface area contributed by atoms with Crippen LogP contribution in [0.25, 0.3) is 11.1 Å². The molecule has 1 heterocycles. The topological polar surface area (TPSA) is 158 Å². The van der Waals surface area contributed by atoms with Gasteiger partial charge in [-0.05, 0) is 64.1 Å². The van der Waals surface area contributed by atoms with Crippen molar-refractivity contribution in [2.45, 2.75) is 48.7 Å². The normalized spacial score (nSPS) is 12.1. The summed E-state index contributed by atoms with van der Waals surface area (Å²) in [7, 11) is 0. The van der Waals surface area contributed by atoms with Gasteiger partial charge in [0.1, 0.15) is 11.9 Å². The van der Waals surface area contributed by atoms with Crippen LogP contribution in [-0.2, 0) is 23.9 Å². The monoisotopic (exact) mass is 876 g/mol. The van der Waals surface area contributed by atoms with E-state index in [1.54, 1.807) is 18.0 Å². The highest BCUT2D eigenvalue weighted by atomic mass is 32.2. The number of nitrogens with zero attached hydrogens (tertiary/aromatic N) is 1. The fourth-order valence-electron chi connectivity index (χ4n) is 6.80. The van der Waals surface area contributed by atoms with Crippen molar-refractivity contribution >= 4 is 41.3 Å². The van der Waals surface area contributed by atoms with Crippen molar-refractivity contribution in [3.8, 4) is 11.1 Å². The van der Waals surface area contributed by atoms with Gasteiger partial charge in [0.15, 0.2) is 0 Å². The van der Waals surface area contributed by atoms with Gasteiger partial charge < -0.3 is 26.2 Å². The number of alkyl halides is 3. The standard InChI is InChI=1S/C47H46N4O4S.C2HF3O2/c52-44(25-15-32-49-43-24-13-14-31-48-43)50-41(46(55)51-42(34-45(53)54)37-28-26-36(27-29-37)35-16-5-1-6-17-35)30-33-56-47(38-18-7-2-8-19-38,39-20-9-3-10-21-39)40-22-11-4-12-23-40;3-2(4,5)1(6)7/h1-14,16-24,26-29,31,41-42H,15,25,30,32-34H2,(H,48,49)(H,50,52)(H,51,55)(H,53,54);(H,6,7)/t41-,42?;/m0./s1. The SMILES string of the molecule is O=C(O)C(F)(F)F.O=C(O)CC(NC(=O)[C@H](CCSC(c1ccccc1)(c1ccccc1)c1ccccc1)NC(=O)CCCNc1ccccn1)c1ccc(-c2ccccc2)cc1. The number of aromatic nitrogens is 1. The number of pyridine rings is 1. The van der Waals surface area contributed by atoms with Crippen LogP contribution >= 0.6 is 11.8 Å². The Hall–Kier alpha value is -6.93. The first-order valence-electron chi connectivity index (χ1n) is 20.1. The maximum absolute atomic E-state index is 14.3. The van der Waals surface area contributed by atoms with Crippen molar-refractivity contribution in [2.24, 2.45) is 0 Å². The van der Waals surface area contributed by atoms with Gasteiger partial charge in [0.25, 0.3) is 0 Å². The van der Waals surface area contributed by atoms with E-state index in [1.165, 1.54) is 0 Å². The molecule has 14 heteroatoms. The molecule has 0 radical (unpaired) electrons. The molecule has 0 aliphatic rings. The van der Waals surface area contributed by atoms with Gasteiger partial charge in [-0.25, -0.2) is 9.78 Å². The Morgan fingerprint density at radius 1 is 0.635 bits per heavy atom. The molecule has 0 aliphatic heterocycles. The van der Waals surface area contributed by atoms with E-state index in [4.69, 9.17) is 9.90 Å². The Bertz CT molecular complexity index is 2250. The molecule has 0 aliphatic carbocycles. The Morgan fingerprint density at radius 3 is 1.60 bits per heavy atom. The van der Waals surface area contributed by atoms with E-state index in [0.717, 1.165) is 33.6 Å². The number of amides is 2. The third-order valence-corrected chi connectivity index (χ3v) is 11.4. The van der Waals surface area contributed by atoms with Crippen LogP contribution in [0.1, 0.15) is 54.0 Å². The minimum atomic E-state index is -5.08. The van der Waals surface area contributed by atoms with Crippen molar-refractivity contribution in [3.05, 3.63) is 192 Å². The highest BCUT2D eigenvalue weighted by molar-refractivity contribution is 8.00. The number of hydrogen-bond donors (Lipinski definition) is 5. The third kappa shape index (κ3) is 14.0. The molecule has 63 heavy (non-hydrogen) atoms. The fourth-order valence-corrected chi connectivity index (χ4v) is 8.37. The molecule has 6 aromatic rings. The number of benzene rings is 5. The van der Waals surface area contributed by atoms with E-state index in [1.807, 2.05) is 127 Å². The largest absolute Gasteiger partial charge is 0.490 e. The summed E-state index contributed by atoms with van der Waals surface area (Å²) in [6.45, 7) is 0.532. The zero-order chi connectivity index (χ0) is 45.1. The predicted molar refractivity (Wildman–Crippen MR) is 239 cm³/mol.